The fourth-order valence-electron chi connectivity index (χ4n) is 2.04. The number of carboxylic acids is 1. The lowest BCUT2D eigenvalue weighted by Crippen LogP contribution is -2.30. The van der Waals surface area contributed by atoms with Crippen molar-refractivity contribution < 1.29 is 9.90 Å². The predicted molar refractivity (Wildman–Crippen MR) is 57.3 cm³/mol. The first kappa shape index (κ1) is 11.1. The van der Waals surface area contributed by atoms with Crippen molar-refractivity contribution >= 4 is 5.97 Å². The lowest BCUT2D eigenvalue weighted by molar-refractivity contribution is 0.0689. The van der Waals surface area contributed by atoms with E-state index < -0.39 is 5.97 Å². The number of rotatable bonds is 3. The van der Waals surface area contributed by atoms with Crippen LogP contribution in [-0.2, 0) is 6.54 Å². The summed E-state index contributed by atoms with van der Waals surface area (Å²) in [6, 6.07) is 0. The van der Waals surface area contributed by atoms with E-state index in [1.165, 1.54) is 0 Å². The van der Waals surface area contributed by atoms with Crippen molar-refractivity contribution in [3.8, 4) is 0 Å². The minimum atomic E-state index is -1.01. The molecule has 0 radical (unpaired) electrons. The van der Waals surface area contributed by atoms with Crippen LogP contribution >= 0.6 is 0 Å². The summed E-state index contributed by atoms with van der Waals surface area (Å²) < 4.78 is 1.71. The first-order valence-corrected chi connectivity index (χ1v) is 5.52. The van der Waals surface area contributed by atoms with Gasteiger partial charge in [0.25, 0.3) is 0 Å². The van der Waals surface area contributed by atoms with Crippen LogP contribution in [0.25, 0.3) is 0 Å². The van der Waals surface area contributed by atoms with Gasteiger partial charge in [0.15, 0.2) is 5.69 Å². The summed E-state index contributed by atoms with van der Waals surface area (Å²) in [5.41, 5.74) is 0.708. The largest absolute Gasteiger partial charge is 0.476 e. The number of nitrogens with one attached hydrogen (secondary N) is 1. The van der Waals surface area contributed by atoms with Crippen molar-refractivity contribution in [1.29, 1.82) is 0 Å². The molecule has 1 aromatic rings. The second kappa shape index (κ2) is 4.61. The van der Waals surface area contributed by atoms with Crippen LogP contribution in [0.1, 0.15) is 29.0 Å². The third kappa shape index (κ3) is 2.21. The van der Waals surface area contributed by atoms with E-state index in [1.807, 2.05) is 0 Å². The minimum Gasteiger partial charge on any atom is -0.476 e. The van der Waals surface area contributed by atoms with Gasteiger partial charge in [-0.3, -0.25) is 0 Å². The molecule has 1 aliphatic heterocycles. The smallest absolute Gasteiger partial charge is 0.358 e. The number of hydrogen-bond acceptors (Lipinski definition) is 4. The number of carbonyl (C=O) groups is 1. The molecule has 0 spiro atoms. The molecule has 2 heterocycles. The predicted octanol–water partition coefficient (Wildman–Crippen LogP) is 0.284. The molecule has 6 nitrogen and oxygen atoms in total. The van der Waals surface area contributed by atoms with Crippen LogP contribution < -0.4 is 5.32 Å². The Morgan fingerprint density at radius 2 is 2.25 bits per heavy atom. The fourth-order valence-corrected chi connectivity index (χ4v) is 2.04. The van der Waals surface area contributed by atoms with E-state index in [0.29, 0.717) is 11.6 Å². The third-order valence-corrected chi connectivity index (χ3v) is 3.08. The van der Waals surface area contributed by atoms with Crippen LogP contribution in [0.5, 0.6) is 0 Å². The van der Waals surface area contributed by atoms with Gasteiger partial charge in [-0.15, -0.1) is 5.10 Å². The van der Waals surface area contributed by atoms with Gasteiger partial charge in [0.05, 0.1) is 5.69 Å². The number of piperidine rings is 1. The number of hydrogen-bond donors (Lipinski definition) is 2. The molecule has 0 saturated carbocycles. The average molecular weight is 224 g/mol. The second-order valence-electron chi connectivity index (χ2n) is 4.20. The Labute approximate surface area is 93.6 Å². The summed E-state index contributed by atoms with van der Waals surface area (Å²) in [5, 5.41) is 19.7. The van der Waals surface area contributed by atoms with Gasteiger partial charge in [-0.2, -0.15) is 0 Å². The van der Waals surface area contributed by atoms with E-state index in [0.717, 1.165) is 32.5 Å². The van der Waals surface area contributed by atoms with E-state index in [1.54, 1.807) is 11.6 Å². The molecule has 0 aliphatic carbocycles. The number of aromatic nitrogens is 3. The molecule has 2 N–H and O–H groups in total. The van der Waals surface area contributed by atoms with Crippen LogP contribution in [0.2, 0.25) is 0 Å². The molecule has 2 rings (SSSR count). The fraction of sp³-hybridized carbons (Fsp3) is 0.700. The average Bonchev–Trinajstić information content (AvgIpc) is 2.62. The van der Waals surface area contributed by atoms with E-state index in [-0.39, 0.29) is 5.69 Å². The van der Waals surface area contributed by atoms with Crippen LogP contribution in [0.4, 0.5) is 0 Å². The molecule has 1 fully saturated rings. The zero-order valence-electron chi connectivity index (χ0n) is 9.31. The summed E-state index contributed by atoms with van der Waals surface area (Å²) in [6.45, 7) is 4.59. The Morgan fingerprint density at radius 3 is 2.81 bits per heavy atom. The molecule has 0 aromatic carbocycles. The van der Waals surface area contributed by atoms with Crippen molar-refractivity contribution in [2.75, 3.05) is 13.1 Å². The molecular weight excluding hydrogens is 208 g/mol. The Bertz CT molecular complexity index is 382. The standard InChI is InChI=1S/C10H16N4O2/c1-7-9(10(15)16)12-13-14(7)6-8-2-4-11-5-3-8/h8,11H,2-6H2,1H3,(H,15,16). The Balaban J connectivity index is 2.06. The van der Waals surface area contributed by atoms with Gasteiger partial charge in [0.2, 0.25) is 0 Å². The highest BCUT2D eigenvalue weighted by atomic mass is 16.4. The topological polar surface area (TPSA) is 80.0 Å². The van der Waals surface area contributed by atoms with E-state index in [9.17, 15) is 4.79 Å². The lowest BCUT2D eigenvalue weighted by atomic mass is 9.98. The Morgan fingerprint density at radius 1 is 1.56 bits per heavy atom. The number of aromatic carboxylic acids is 1. The molecule has 1 aromatic heterocycles. The highest BCUT2D eigenvalue weighted by molar-refractivity contribution is 5.86. The quantitative estimate of drug-likeness (QED) is 0.771. The van der Waals surface area contributed by atoms with Crippen LogP contribution in [-0.4, -0.2) is 39.2 Å². The maximum atomic E-state index is 10.8. The van der Waals surface area contributed by atoms with Crippen molar-refractivity contribution in [2.45, 2.75) is 26.3 Å². The summed E-state index contributed by atoms with van der Waals surface area (Å²) in [7, 11) is 0. The molecule has 1 saturated heterocycles. The monoisotopic (exact) mass is 224 g/mol. The number of carboxylic acid groups (broad SMARTS) is 1. The van der Waals surface area contributed by atoms with Gasteiger partial charge in [-0.25, -0.2) is 9.48 Å². The summed E-state index contributed by atoms with van der Waals surface area (Å²) in [4.78, 5) is 10.8. The molecule has 0 bridgehead atoms. The van der Waals surface area contributed by atoms with Gasteiger partial charge in [-0.05, 0) is 38.8 Å². The van der Waals surface area contributed by atoms with Gasteiger partial charge in [0, 0.05) is 6.54 Å². The molecule has 16 heavy (non-hydrogen) atoms. The number of nitrogens with zero attached hydrogens (tertiary/aromatic N) is 3. The van der Waals surface area contributed by atoms with E-state index >= 15 is 0 Å². The van der Waals surface area contributed by atoms with Crippen LogP contribution in [0, 0.1) is 12.8 Å². The maximum absolute atomic E-state index is 10.8. The minimum absolute atomic E-state index is 0.0638. The molecular formula is C10H16N4O2. The summed E-state index contributed by atoms with van der Waals surface area (Å²) in [6.07, 6.45) is 2.23. The first-order chi connectivity index (χ1) is 7.68. The SMILES string of the molecule is Cc1c(C(=O)O)nnn1CC1CCNCC1. The molecule has 0 amide bonds. The van der Waals surface area contributed by atoms with Crippen molar-refractivity contribution in [2.24, 2.45) is 5.92 Å². The zero-order valence-corrected chi connectivity index (χ0v) is 9.31. The zero-order chi connectivity index (χ0) is 11.5. The molecule has 6 heteroatoms. The molecule has 0 unspecified atom stereocenters. The third-order valence-electron chi connectivity index (χ3n) is 3.08. The Hall–Kier alpha value is -1.43. The van der Waals surface area contributed by atoms with Gasteiger partial charge in [-0.1, -0.05) is 5.21 Å². The van der Waals surface area contributed by atoms with Gasteiger partial charge in [0.1, 0.15) is 0 Å². The summed E-state index contributed by atoms with van der Waals surface area (Å²) in [5.74, 6) is -0.433. The van der Waals surface area contributed by atoms with Crippen LogP contribution in [0.3, 0.4) is 0 Å². The van der Waals surface area contributed by atoms with E-state index in [2.05, 4.69) is 15.6 Å². The van der Waals surface area contributed by atoms with Crippen molar-refractivity contribution in [1.82, 2.24) is 20.3 Å². The highest BCUT2D eigenvalue weighted by Gasteiger charge is 2.19. The maximum Gasteiger partial charge on any atom is 0.358 e. The Kier molecular flexibility index (Phi) is 3.19. The molecule has 88 valence electrons. The van der Waals surface area contributed by atoms with Crippen molar-refractivity contribution in [3.05, 3.63) is 11.4 Å². The van der Waals surface area contributed by atoms with Crippen LogP contribution in [0.15, 0.2) is 0 Å². The normalized spacial score (nSPS) is 17.6. The lowest BCUT2D eigenvalue weighted by Gasteiger charge is -2.22. The van der Waals surface area contributed by atoms with Gasteiger partial charge < -0.3 is 10.4 Å². The first-order valence-electron chi connectivity index (χ1n) is 5.52. The van der Waals surface area contributed by atoms with E-state index in [4.69, 9.17) is 5.11 Å². The summed E-state index contributed by atoms with van der Waals surface area (Å²) >= 11 is 0. The second-order valence-corrected chi connectivity index (χ2v) is 4.20. The van der Waals surface area contributed by atoms with Crippen molar-refractivity contribution in [3.63, 3.8) is 0 Å². The highest BCUT2D eigenvalue weighted by Crippen LogP contribution is 2.15. The molecule has 0 atom stereocenters. The van der Waals surface area contributed by atoms with Gasteiger partial charge >= 0.3 is 5.97 Å². The molecule has 1 aliphatic rings.